The first-order valence-electron chi connectivity index (χ1n) is 10.9. The van der Waals surface area contributed by atoms with E-state index in [0.29, 0.717) is 5.75 Å². The van der Waals surface area contributed by atoms with Crippen LogP contribution in [-0.2, 0) is 6.42 Å². The molecule has 0 saturated carbocycles. The Morgan fingerprint density at radius 2 is 1.70 bits per heavy atom. The Labute approximate surface area is 179 Å². The fourth-order valence-corrected chi connectivity index (χ4v) is 4.75. The van der Waals surface area contributed by atoms with Crippen LogP contribution in [0.2, 0.25) is 0 Å². The molecule has 0 spiro atoms. The van der Waals surface area contributed by atoms with Gasteiger partial charge in [-0.05, 0) is 69.4 Å². The third kappa shape index (κ3) is 3.79. The SMILES string of the molecule is Cc1c(C)c2c(c(C)c1O)CCC(C)(CN1CCN(C(=O)c3ccccc3)CC1)O2. The highest BCUT2D eigenvalue weighted by Crippen LogP contribution is 2.43. The summed E-state index contributed by atoms with van der Waals surface area (Å²) in [6, 6.07) is 9.52. The Morgan fingerprint density at radius 1 is 1.03 bits per heavy atom. The lowest BCUT2D eigenvalue weighted by molar-refractivity contribution is 0.00914. The van der Waals surface area contributed by atoms with Crippen molar-refractivity contribution in [2.45, 2.75) is 46.1 Å². The summed E-state index contributed by atoms with van der Waals surface area (Å²) in [7, 11) is 0. The van der Waals surface area contributed by atoms with E-state index < -0.39 is 0 Å². The summed E-state index contributed by atoms with van der Waals surface area (Å²) < 4.78 is 6.58. The molecule has 2 aromatic carbocycles. The minimum Gasteiger partial charge on any atom is -0.507 e. The van der Waals surface area contributed by atoms with E-state index in [1.807, 2.05) is 56.0 Å². The van der Waals surface area contributed by atoms with Gasteiger partial charge in [-0.2, -0.15) is 0 Å². The molecule has 2 aliphatic heterocycles. The van der Waals surface area contributed by atoms with Gasteiger partial charge in [0.2, 0.25) is 0 Å². The first kappa shape index (κ1) is 20.7. The van der Waals surface area contributed by atoms with Crippen LogP contribution in [0.3, 0.4) is 0 Å². The quantitative estimate of drug-likeness (QED) is 0.838. The number of carbonyl (C=O) groups excluding carboxylic acids is 1. The maximum Gasteiger partial charge on any atom is 0.253 e. The molecule has 2 aliphatic rings. The zero-order valence-corrected chi connectivity index (χ0v) is 18.5. The molecule has 30 heavy (non-hydrogen) atoms. The van der Waals surface area contributed by atoms with Crippen molar-refractivity contribution in [1.82, 2.24) is 9.80 Å². The minimum atomic E-state index is -0.265. The summed E-state index contributed by atoms with van der Waals surface area (Å²) in [5.41, 5.74) is 4.53. The van der Waals surface area contributed by atoms with Crippen LogP contribution >= 0.6 is 0 Å². The molecule has 1 fully saturated rings. The number of hydrogen-bond acceptors (Lipinski definition) is 4. The highest BCUT2D eigenvalue weighted by molar-refractivity contribution is 5.94. The van der Waals surface area contributed by atoms with Gasteiger partial charge in [-0.1, -0.05) is 18.2 Å². The van der Waals surface area contributed by atoms with Crippen LogP contribution in [0.4, 0.5) is 0 Å². The summed E-state index contributed by atoms with van der Waals surface area (Å²) in [5.74, 6) is 1.47. The van der Waals surface area contributed by atoms with E-state index in [1.54, 1.807) is 0 Å². The van der Waals surface area contributed by atoms with E-state index in [4.69, 9.17) is 4.74 Å². The van der Waals surface area contributed by atoms with Crippen LogP contribution < -0.4 is 4.74 Å². The van der Waals surface area contributed by atoms with Gasteiger partial charge in [0.25, 0.3) is 5.91 Å². The molecule has 0 aliphatic carbocycles. The van der Waals surface area contributed by atoms with Crippen molar-refractivity contribution in [3.8, 4) is 11.5 Å². The first-order chi connectivity index (χ1) is 14.3. The van der Waals surface area contributed by atoms with E-state index in [0.717, 1.165) is 79.1 Å². The average Bonchev–Trinajstić information content (AvgIpc) is 2.76. The first-order valence-corrected chi connectivity index (χ1v) is 10.9. The van der Waals surface area contributed by atoms with Gasteiger partial charge in [0.1, 0.15) is 17.1 Å². The Bertz CT molecular complexity index is 949. The molecule has 2 aromatic rings. The molecule has 160 valence electrons. The van der Waals surface area contributed by atoms with Crippen LogP contribution in [0.15, 0.2) is 30.3 Å². The zero-order valence-electron chi connectivity index (χ0n) is 18.5. The Morgan fingerprint density at radius 3 is 2.37 bits per heavy atom. The van der Waals surface area contributed by atoms with Gasteiger partial charge >= 0.3 is 0 Å². The zero-order chi connectivity index (χ0) is 21.5. The molecule has 4 rings (SSSR count). The second-order valence-corrected chi connectivity index (χ2v) is 9.02. The molecule has 5 nitrogen and oxygen atoms in total. The van der Waals surface area contributed by atoms with Crippen molar-refractivity contribution < 1.29 is 14.6 Å². The predicted octanol–water partition coefficient (Wildman–Crippen LogP) is 3.86. The lowest BCUT2D eigenvalue weighted by Gasteiger charge is -2.43. The predicted molar refractivity (Wildman–Crippen MR) is 118 cm³/mol. The summed E-state index contributed by atoms with van der Waals surface area (Å²) in [6.45, 7) is 12.2. The summed E-state index contributed by atoms with van der Waals surface area (Å²) in [6.07, 6.45) is 1.84. The van der Waals surface area contributed by atoms with Gasteiger partial charge < -0.3 is 14.7 Å². The van der Waals surface area contributed by atoms with Crippen molar-refractivity contribution in [2.24, 2.45) is 0 Å². The van der Waals surface area contributed by atoms with Crippen LogP contribution in [0.25, 0.3) is 0 Å². The molecule has 1 saturated heterocycles. The Balaban J connectivity index is 1.41. The van der Waals surface area contributed by atoms with Crippen molar-refractivity contribution in [2.75, 3.05) is 32.7 Å². The smallest absolute Gasteiger partial charge is 0.253 e. The second-order valence-electron chi connectivity index (χ2n) is 9.02. The topological polar surface area (TPSA) is 53.0 Å². The molecule has 0 radical (unpaired) electrons. The number of piperazine rings is 1. The van der Waals surface area contributed by atoms with Gasteiger partial charge in [0.05, 0.1) is 0 Å². The molecule has 1 amide bonds. The third-order valence-corrected chi connectivity index (χ3v) is 6.83. The highest BCUT2D eigenvalue weighted by atomic mass is 16.5. The number of benzene rings is 2. The fourth-order valence-electron chi connectivity index (χ4n) is 4.75. The molecule has 5 heteroatoms. The van der Waals surface area contributed by atoms with E-state index in [1.165, 1.54) is 0 Å². The monoisotopic (exact) mass is 408 g/mol. The van der Waals surface area contributed by atoms with Crippen molar-refractivity contribution >= 4 is 5.91 Å². The number of fused-ring (bicyclic) bond motifs is 1. The Kier molecular flexibility index (Phi) is 5.49. The molecule has 1 unspecified atom stereocenters. The summed E-state index contributed by atoms with van der Waals surface area (Å²) in [5, 5.41) is 10.4. The molecular weight excluding hydrogens is 376 g/mol. The average molecular weight is 409 g/mol. The normalized spacial score (nSPS) is 21.8. The summed E-state index contributed by atoms with van der Waals surface area (Å²) >= 11 is 0. The molecule has 1 atom stereocenters. The molecular formula is C25H32N2O3. The maximum absolute atomic E-state index is 12.7. The van der Waals surface area contributed by atoms with Crippen LogP contribution in [0.1, 0.15) is 46.0 Å². The fraction of sp³-hybridized carbons (Fsp3) is 0.480. The number of carbonyl (C=O) groups is 1. The van der Waals surface area contributed by atoms with Crippen molar-refractivity contribution in [3.05, 3.63) is 58.1 Å². The summed E-state index contributed by atoms with van der Waals surface area (Å²) in [4.78, 5) is 17.0. The van der Waals surface area contributed by atoms with Gasteiger partial charge in [-0.3, -0.25) is 9.69 Å². The molecule has 1 N–H and O–H groups in total. The number of phenolic OH excluding ortho intramolecular Hbond substituents is 1. The number of aromatic hydroxyl groups is 1. The van der Waals surface area contributed by atoms with Gasteiger partial charge in [0, 0.05) is 43.9 Å². The van der Waals surface area contributed by atoms with Gasteiger partial charge in [0.15, 0.2) is 0 Å². The maximum atomic E-state index is 12.7. The number of phenols is 1. The largest absolute Gasteiger partial charge is 0.507 e. The van der Waals surface area contributed by atoms with Crippen molar-refractivity contribution in [3.63, 3.8) is 0 Å². The Hall–Kier alpha value is -2.53. The van der Waals surface area contributed by atoms with E-state index >= 15 is 0 Å². The van der Waals surface area contributed by atoms with Crippen LogP contribution in [-0.4, -0.2) is 59.1 Å². The molecule has 2 heterocycles. The lowest BCUT2D eigenvalue weighted by atomic mass is 9.86. The number of hydrogen-bond donors (Lipinski definition) is 1. The molecule has 0 bridgehead atoms. The third-order valence-electron chi connectivity index (χ3n) is 6.83. The number of amides is 1. The second kappa shape index (κ2) is 7.95. The number of nitrogens with zero attached hydrogens (tertiary/aromatic N) is 2. The lowest BCUT2D eigenvalue weighted by Crippen LogP contribution is -2.54. The van der Waals surface area contributed by atoms with Crippen LogP contribution in [0, 0.1) is 20.8 Å². The number of ether oxygens (including phenoxy) is 1. The molecule has 0 aromatic heterocycles. The van der Waals surface area contributed by atoms with Gasteiger partial charge in [-0.25, -0.2) is 0 Å². The van der Waals surface area contributed by atoms with Crippen molar-refractivity contribution in [1.29, 1.82) is 0 Å². The minimum absolute atomic E-state index is 0.116. The van der Waals surface area contributed by atoms with Gasteiger partial charge in [-0.15, -0.1) is 0 Å². The van der Waals surface area contributed by atoms with Crippen LogP contribution in [0.5, 0.6) is 11.5 Å². The highest BCUT2D eigenvalue weighted by Gasteiger charge is 2.37. The van der Waals surface area contributed by atoms with E-state index in [-0.39, 0.29) is 11.5 Å². The van der Waals surface area contributed by atoms with E-state index in [2.05, 4.69) is 11.8 Å². The standard InChI is InChI=1S/C25H32N2O3/c1-17-18(2)23-21(19(3)22(17)28)10-11-25(4,30-23)16-26-12-14-27(15-13-26)24(29)20-8-6-5-7-9-20/h5-9,28H,10-16H2,1-4H3. The van der Waals surface area contributed by atoms with E-state index in [9.17, 15) is 9.90 Å². The number of rotatable bonds is 3.